The molecule has 25 heavy (non-hydrogen) atoms. The van der Waals surface area contributed by atoms with E-state index in [-0.39, 0.29) is 30.9 Å². The molecule has 1 aliphatic rings. The third-order valence-corrected chi connectivity index (χ3v) is 4.35. The van der Waals surface area contributed by atoms with Crippen LogP contribution in [0, 0.1) is 0 Å². The minimum Gasteiger partial charge on any atom is -0.382 e. The molecule has 3 rings (SSSR count). The highest BCUT2D eigenvalue weighted by atomic mass is 35.5. The number of anilines is 2. The molecule has 0 aromatic heterocycles. The predicted molar refractivity (Wildman–Crippen MR) is 104 cm³/mol. The zero-order valence-electron chi connectivity index (χ0n) is 14.6. The van der Waals surface area contributed by atoms with Crippen LogP contribution in [0.4, 0.5) is 11.4 Å². The number of nitrogens with zero attached hydrogens (tertiary/aromatic N) is 1. The lowest BCUT2D eigenvalue weighted by Crippen LogP contribution is -2.43. The van der Waals surface area contributed by atoms with Gasteiger partial charge >= 0.3 is 0 Å². The molecule has 1 aliphatic heterocycles. The number of halogens is 1. The van der Waals surface area contributed by atoms with Gasteiger partial charge in [0.05, 0.1) is 11.4 Å². The molecular formula is C20H25ClN2O2. The van der Waals surface area contributed by atoms with Gasteiger partial charge in [0.2, 0.25) is 0 Å². The van der Waals surface area contributed by atoms with E-state index in [9.17, 15) is 9.90 Å². The maximum atomic E-state index is 13.0. The number of rotatable bonds is 4. The van der Waals surface area contributed by atoms with Gasteiger partial charge in [-0.05, 0) is 36.1 Å². The molecule has 5 heteroatoms. The van der Waals surface area contributed by atoms with Gasteiger partial charge in [0.1, 0.15) is 6.10 Å². The van der Waals surface area contributed by atoms with Crippen molar-refractivity contribution in [3.8, 4) is 0 Å². The minimum absolute atomic E-state index is 0. The Labute approximate surface area is 155 Å². The van der Waals surface area contributed by atoms with Crippen molar-refractivity contribution in [2.45, 2.75) is 38.8 Å². The van der Waals surface area contributed by atoms with Crippen molar-refractivity contribution < 1.29 is 9.90 Å². The zero-order chi connectivity index (χ0) is 17.1. The van der Waals surface area contributed by atoms with E-state index >= 15 is 0 Å². The normalized spacial score (nSPS) is 14.2. The molecule has 0 radical (unpaired) electrons. The standard InChI is InChI=1S/C20H24N2O2.ClH/c1-14(2)21-13-19(23)20(24)22-17-9-5-3-7-15(17)11-12-16-8-4-6-10-18(16)22;/h3-10,14,19,21,23H,11-13H2,1-2H3;1H. The molecule has 4 nitrogen and oxygen atoms in total. The van der Waals surface area contributed by atoms with Crippen LogP contribution in [0.1, 0.15) is 25.0 Å². The number of carbonyl (C=O) groups excluding carboxylic acids is 1. The third kappa shape index (κ3) is 4.21. The highest BCUT2D eigenvalue weighted by Gasteiger charge is 2.29. The number of carbonyl (C=O) groups is 1. The Morgan fingerprint density at radius 2 is 1.52 bits per heavy atom. The van der Waals surface area contributed by atoms with Crippen molar-refractivity contribution in [2.24, 2.45) is 0 Å². The number of para-hydroxylation sites is 2. The van der Waals surface area contributed by atoms with Gasteiger partial charge in [0, 0.05) is 12.6 Å². The van der Waals surface area contributed by atoms with Crippen molar-refractivity contribution in [2.75, 3.05) is 11.4 Å². The third-order valence-electron chi connectivity index (χ3n) is 4.35. The van der Waals surface area contributed by atoms with E-state index in [1.165, 1.54) is 0 Å². The van der Waals surface area contributed by atoms with E-state index in [1.54, 1.807) is 4.90 Å². The number of aliphatic hydroxyl groups is 1. The first-order valence-electron chi connectivity index (χ1n) is 8.49. The molecule has 0 bridgehead atoms. The molecule has 0 aliphatic carbocycles. The van der Waals surface area contributed by atoms with Crippen molar-refractivity contribution in [3.63, 3.8) is 0 Å². The highest BCUT2D eigenvalue weighted by molar-refractivity contribution is 6.04. The summed E-state index contributed by atoms with van der Waals surface area (Å²) in [6.45, 7) is 4.23. The van der Waals surface area contributed by atoms with Crippen LogP contribution in [0.15, 0.2) is 48.5 Å². The first-order valence-corrected chi connectivity index (χ1v) is 8.49. The summed E-state index contributed by atoms with van der Waals surface area (Å²) in [7, 11) is 0. The molecule has 0 saturated heterocycles. The number of hydrogen-bond donors (Lipinski definition) is 2. The summed E-state index contributed by atoms with van der Waals surface area (Å²) >= 11 is 0. The lowest BCUT2D eigenvalue weighted by Gasteiger charge is -2.27. The maximum Gasteiger partial charge on any atom is 0.261 e. The molecule has 2 aromatic rings. The molecule has 0 spiro atoms. The van der Waals surface area contributed by atoms with E-state index in [0.29, 0.717) is 0 Å². The summed E-state index contributed by atoms with van der Waals surface area (Å²) in [5.74, 6) is -0.287. The van der Waals surface area contributed by atoms with Crippen LogP contribution in [0.3, 0.4) is 0 Å². The van der Waals surface area contributed by atoms with Gasteiger partial charge in [-0.25, -0.2) is 0 Å². The summed E-state index contributed by atoms with van der Waals surface area (Å²) in [4.78, 5) is 14.7. The minimum atomic E-state index is -1.08. The first-order chi connectivity index (χ1) is 11.6. The molecule has 2 N–H and O–H groups in total. The summed E-state index contributed by atoms with van der Waals surface area (Å²) in [6.07, 6.45) is 0.695. The van der Waals surface area contributed by atoms with Crippen LogP contribution in [0.2, 0.25) is 0 Å². The van der Waals surface area contributed by atoms with Crippen LogP contribution in [-0.2, 0) is 17.6 Å². The van der Waals surface area contributed by atoms with E-state index in [1.807, 2.05) is 50.2 Å². The molecule has 0 fully saturated rings. The molecule has 134 valence electrons. The fourth-order valence-corrected chi connectivity index (χ4v) is 3.10. The van der Waals surface area contributed by atoms with E-state index in [4.69, 9.17) is 0 Å². The summed E-state index contributed by atoms with van der Waals surface area (Å²) in [5, 5.41) is 13.5. The number of fused-ring (bicyclic) bond motifs is 2. The predicted octanol–water partition coefficient (Wildman–Crippen LogP) is 3.23. The Morgan fingerprint density at radius 1 is 1.04 bits per heavy atom. The van der Waals surface area contributed by atoms with Gasteiger partial charge in [0.15, 0.2) is 0 Å². The van der Waals surface area contributed by atoms with Gasteiger partial charge in [-0.2, -0.15) is 0 Å². The second-order valence-electron chi connectivity index (χ2n) is 6.51. The maximum absolute atomic E-state index is 13.0. The topological polar surface area (TPSA) is 52.6 Å². The summed E-state index contributed by atoms with van der Waals surface area (Å²) in [5.41, 5.74) is 4.00. The van der Waals surface area contributed by atoms with Crippen LogP contribution in [0.5, 0.6) is 0 Å². The van der Waals surface area contributed by atoms with Gasteiger partial charge < -0.3 is 10.4 Å². The Morgan fingerprint density at radius 3 is 2.00 bits per heavy atom. The average molecular weight is 361 g/mol. The summed E-state index contributed by atoms with van der Waals surface area (Å²) < 4.78 is 0. The van der Waals surface area contributed by atoms with Crippen LogP contribution >= 0.6 is 12.4 Å². The van der Waals surface area contributed by atoms with E-state index in [2.05, 4.69) is 17.4 Å². The van der Waals surface area contributed by atoms with E-state index < -0.39 is 6.10 Å². The second kappa shape index (κ2) is 8.48. The Kier molecular flexibility index (Phi) is 6.59. The molecule has 1 amide bonds. The van der Waals surface area contributed by atoms with Crippen molar-refractivity contribution >= 4 is 29.7 Å². The molecule has 1 atom stereocenters. The number of aliphatic hydroxyl groups excluding tert-OH is 1. The fourth-order valence-electron chi connectivity index (χ4n) is 3.10. The molecule has 0 saturated carbocycles. The number of amides is 1. The summed E-state index contributed by atoms with van der Waals surface area (Å²) in [6, 6.07) is 16.1. The lowest BCUT2D eigenvalue weighted by molar-refractivity contribution is -0.125. The first kappa shape index (κ1) is 19.4. The quantitative estimate of drug-likeness (QED) is 0.880. The fraction of sp³-hybridized carbons (Fsp3) is 0.350. The number of hydrogen-bond acceptors (Lipinski definition) is 3. The van der Waals surface area contributed by atoms with Crippen molar-refractivity contribution in [1.82, 2.24) is 5.32 Å². The number of nitrogens with one attached hydrogen (secondary N) is 1. The lowest BCUT2D eigenvalue weighted by atomic mass is 10.0. The number of aryl methyl sites for hydroxylation is 2. The van der Waals surface area contributed by atoms with Crippen LogP contribution in [-0.4, -0.2) is 29.7 Å². The Bertz CT molecular complexity index is 686. The van der Waals surface area contributed by atoms with Gasteiger partial charge in [-0.3, -0.25) is 9.69 Å². The monoisotopic (exact) mass is 360 g/mol. The Hall–Kier alpha value is -1.88. The van der Waals surface area contributed by atoms with Crippen LogP contribution in [0.25, 0.3) is 0 Å². The largest absolute Gasteiger partial charge is 0.382 e. The van der Waals surface area contributed by atoms with E-state index in [0.717, 1.165) is 35.3 Å². The Balaban J connectivity index is 0.00000225. The zero-order valence-corrected chi connectivity index (χ0v) is 15.4. The van der Waals surface area contributed by atoms with Gasteiger partial charge in [-0.15, -0.1) is 12.4 Å². The van der Waals surface area contributed by atoms with Crippen molar-refractivity contribution in [3.05, 3.63) is 59.7 Å². The second-order valence-corrected chi connectivity index (χ2v) is 6.51. The average Bonchev–Trinajstić information content (AvgIpc) is 2.76. The highest BCUT2D eigenvalue weighted by Crippen LogP contribution is 2.36. The molecule has 2 aromatic carbocycles. The van der Waals surface area contributed by atoms with Gasteiger partial charge in [0.25, 0.3) is 5.91 Å². The SMILES string of the molecule is CC(C)NCC(O)C(=O)N1c2ccccc2CCc2ccccc21.Cl. The smallest absolute Gasteiger partial charge is 0.261 e. The number of benzene rings is 2. The molecule has 1 heterocycles. The van der Waals surface area contributed by atoms with Crippen LogP contribution < -0.4 is 10.2 Å². The van der Waals surface area contributed by atoms with Crippen molar-refractivity contribution in [1.29, 1.82) is 0 Å². The van der Waals surface area contributed by atoms with Gasteiger partial charge in [-0.1, -0.05) is 50.2 Å². The molecule has 1 unspecified atom stereocenters. The molecular weight excluding hydrogens is 336 g/mol.